The van der Waals surface area contributed by atoms with E-state index in [0.717, 1.165) is 45.1 Å². The second-order valence-electron chi connectivity index (χ2n) is 6.86. The van der Waals surface area contributed by atoms with Gasteiger partial charge in [0, 0.05) is 32.7 Å². The van der Waals surface area contributed by atoms with Crippen LogP contribution in [0, 0.1) is 6.92 Å². The molecule has 0 unspecified atom stereocenters. The Morgan fingerprint density at radius 3 is 2.32 bits per heavy atom. The number of ether oxygens (including phenoxy) is 2. The molecule has 8 heteroatoms. The van der Waals surface area contributed by atoms with Crippen molar-refractivity contribution in [1.29, 1.82) is 0 Å². The van der Waals surface area contributed by atoms with Crippen molar-refractivity contribution < 1.29 is 29.3 Å². The first-order valence-corrected chi connectivity index (χ1v) is 9.51. The van der Waals surface area contributed by atoms with E-state index >= 15 is 0 Å². The summed E-state index contributed by atoms with van der Waals surface area (Å²) in [5, 5.41) is 18.1. The van der Waals surface area contributed by atoms with Gasteiger partial charge in [0.15, 0.2) is 0 Å². The van der Waals surface area contributed by atoms with Crippen LogP contribution in [-0.2, 0) is 14.3 Å². The van der Waals surface area contributed by atoms with Crippen molar-refractivity contribution in [1.82, 2.24) is 10.2 Å². The van der Waals surface area contributed by atoms with E-state index in [-0.39, 0.29) is 0 Å². The normalized spacial score (nSPS) is 14.3. The molecular formula is C20H32N2O6. The maximum atomic E-state index is 9.10. The van der Waals surface area contributed by atoms with Gasteiger partial charge in [-0.3, -0.25) is 4.90 Å². The molecule has 8 nitrogen and oxygen atoms in total. The molecule has 0 aromatic heterocycles. The molecule has 3 N–H and O–H groups in total. The third-order valence-corrected chi connectivity index (χ3v) is 4.22. The molecule has 1 saturated heterocycles. The number of aryl methyl sites for hydroxylation is 1. The molecule has 158 valence electrons. The van der Waals surface area contributed by atoms with E-state index in [2.05, 4.69) is 49.2 Å². The highest BCUT2D eigenvalue weighted by Gasteiger charge is 2.09. The minimum Gasteiger partial charge on any atom is -0.491 e. The number of carboxylic acids is 2. The summed E-state index contributed by atoms with van der Waals surface area (Å²) in [6, 6.07) is 6.43. The minimum absolute atomic E-state index is 0.476. The maximum Gasteiger partial charge on any atom is 0.414 e. The summed E-state index contributed by atoms with van der Waals surface area (Å²) < 4.78 is 11.6. The van der Waals surface area contributed by atoms with Gasteiger partial charge in [0.05, 0.1) is 13.2 Å². The average molecular weight is 396 g/mol. The smallest absolute Gasteiger partial charge is 0.414 e. The predicted octanol–water partition coefficient (Wildman–Crippen LogP) is 1.57. The Morgan fingerprint density at radius 1 is 1.11 bits per heavy atom. The molecule has 0 atom stereocenters. The van der Waals surface area contributed by atoms with Gasteiger partial charge in [0.1, 0.15) is 12.4 Å². The fourth-order valence-electron chi connectivity index (χ4n) is 2.68. The van der Waals surface area contributed by atoms with Crippen LogP contribution in [0.3, 0.4) is 0 Å². The number of carbonyl (C=O) groups is 2. The van der Waals surface area contributed by atoms with E-state index in [1.54, 1.807) is 0 Å². The lowest BCUT2D eigenvalue weighted by Gasteiger charge is -2.26. The molecule has 28 heavy (non-hydrogen) atoms. The summed E-state index contributed by atoms with van der Waals surface area (Å²) in [6.07, 6.45) is 0. The third kappa shape index (κ3) is 9.68. The van der Waals surface area contributed by atoms with Crippen molar-refractivity contribution in [2.24, 2.45) is 0 Å². The maximum absolute atomic E-state index is 9.10. The highest BCUT2D eigenvalue weighted by molar-refractivity contribution is 6.27. The van der Waals surface area contributed by atoms with Crippen LogP contribution < -0.4 is 10.1 Å². The molecule has 1 aliphatic heterocycles. The van der Waals surface area contributed by atoms with Gasteiger partial charge in [-0.15, -0.1) is 0 Å². The summed E-state index contributed by atoms with van der Waals surface area (Å²) in [4.78, 5) is 20.6. The van der Waals surface area contributed by atoms with Crippen LogP contribution in [-0.4, -0.2) is 79.6 Å². The van der Waals surface area contributed by atoms with Crippen LogP contribution in [0.15, 0.2) is 18.2 Å². The molecule has 0 spiro atoms. The van der Waals surface area contributed by atoms with Crippen LogP contribution in [0.4, 0.5) is 0 Å². The Hall–Kier alpha value is -2.16. The van der Waals surface area contributed by atoms with Crippen LogP contribution in [0.25, 0.3) is 0 Å². The Labute approximate surface area is 166 Å². The van der Waals surface area contributed by atoms with Gasteiger partial charge in [-0.1, -0.05) is 26.0 Å². The lowest BCUT2D eigenvalue weighted by atomic mass is 10.0. The first kappa shape index (κ1) is 23.9. The van der Waals surface area contributed by atoms with Gasteiger partial charge >= 0.3 is 11.9 Å². The van der Waals surface area contributed by atoms with Crippen molar-refractivity contribution in [3.8, 4) is 5.75 Å². The Kier molecular flexibility index (Phi) is 11.2. The zero-order chi connectivity index (χ0) is 20.9. The first-order valence-electron chi connectivity index (χ1n) is 9.51. The van der Waals surface area contributed by atoms with E-state index < -0.39 is 11.9 Å². The largest absolute Gasteiger partial charge is 0.491 e. The number of rotatable bonds is 8. The number of hydrogen-bond acceptors (Lipinski definition) is 6. The molecule has 0 bridgehead atoms. The second kappa shape index (κ2) is 13.1. The summed E-state index contributed by atoms with van der Waals surface area (Å²) >= 11 is 0. The molecule has 1 aromatic rings. The highest BCUT2D eigenvalue weighted by Crippen LogP contribution is 2.27. The molecule has 1 aliphatic rings. The molecule has 1 fully saturated rings. The average Bonchev–Trinajstić information content (AvgIpc) is 2.65. The third-order valence-electron chi connectivity index (χ3n) is 4.22. The zero-order valence-electron chi connectivity index (χ0n) is 16.9. The van der Waals surface area contributed by atoms with E-state index in [0.29, 0.717) is 19.1 Å². The first-order chi connectivity index (χ1) is 13.3. The van der Waals surface area contributed by atoms with Gasteiger partial charge in [0.2, 0.25) is 0 Å². The Morgan fingerprint density at radius 2 is 1.75 bits per heavy atom. The lowest BCUT2D eigenvalue weighted by molar-refractivity contribution is -0.159. The number of aliphatic carboxylic acids is 2. The zero-order valence-corrected chi connectivity index (χ0v) is 16.9. The molecule has 2 rings (SSSR count). The quantitative estimate of drug-likeness (QED) is 0.449. The fraction of sp³-hybridized carbons (Fsp3) is 0.600. The fourth-order valence-corrected chi connectivity index (χ4v) is 2.68. The summed E-state index contributed by atoms with van der Waals surface area (Å²) in [5.41, 5.74) is 2.51. The summed E-state index contributed by atoms with van der Waals surface area (Å²) in [5.74, 6) is -2.17. The minimum atomic E-state index is -1.82. The van der Waals surface area contributed by atoms with E-state index in [1.165, 1.54) is 11.1 Å². The molecule has 0 amide bonds. The van der Waals surface area contributed by atoms with Crippen molar-refractivity contribution in [2.75, 3.05) is 52.5 Å². The van der Waals surface area contributed by atoms with Crippen molar-refractivity contribution in [3.05, 3.63) is 29.3 Å². The molecule has 0 saturated carbocycles. The Balaban J connectivity index is 0.000000568. The molecule has 1 aromatic carbocycles. The van der Waals surface area contributed by atoms with E-state index in [4.69, 9.17) is 29.3 Å². The topological polar surface area (TPSA) is 108 Å². The van der Waals surface area contributed by atoms with Crippen LogP contribution in [0.5, 0.6) is 5.75 Å². The number of nitrogens with one attached hydrogen (secondary N) is 1. The van der Waals surface area contributed by atoms with Gasteiger partial charge < -0.3 is 25.0 Å². The summed E-state index contributed by atoms with van der Waals surface area (Å²) in [7, 11) is 0. The van der Waals surface area contributed by atoms with Crippen LogP contribution in [0.1, 0.15) is 30.9 Å². The number of hydrogen-bond donors (Lipinski definition) is 3. The van der Waals surface area contributed by atoms with Crippen LogP contribution >= 0.6 is 0 Å². The molecular weight excluding hydrogens is 364 g/mol. The van der Waals surface area contributed by atoms with Gasteiger partial charge in [-0.05, 0) is 30.0 Å². The number of benzene rings is 1. The van der Waals surface area contributed by atoms with Crippen molar-refractivity contribution in [3.63, 3.8) is 0 Å². The highest BCUT2D eigenvalue weighted by atomic mass is 16.5. The lowest BCUT2D eigenvalue weighted by Crippen LogP contribution is -2.44. The molecule has 0 radical (unpaired) electrons. The van der Waals surface area contributed by atoms with Gasteiger partial charge in [-0.25, -0.2) is 9.59 Å². The van der Waals surface area contributed by atoms with Crippen molar-refractivity contribution in [2.45, 2.75) is 26.7 Å². The van der Waals surface area contributed by atoms with Gasteiger partial charge in [0.25, 0.3) is 0 Å². The number of carboxylic acid groups (broad SMARTS) is 2. The second-order valence-corrected chi connectivity index (χ2v) is 6.86. The number of piperazine rings is 1. The molecule has 1 heterocycles. The molecule has 0 aliphatic carbocycles. The Bertz CT molecular complexity index is 603. The summed E-state index contributed by atoms with van der Waals surface area (Å²) in [6.45, 7) is 14.0. The van der Waals surface area contributed by atoms with Gasteiger partial charge in [-0.2, -0.15) is 0 Å². The standard InChI is InChI=1S/C18H30N2O2.C2H2O4/c1-15(2)17-5-4-16(3)14-18(17)22-13-12-21-11-10-20-8-6-19-7-9-20;3-1(4)2(5)6/h4-5,14-15,19H,6-13H2,1-3H3;(H,3,4)(H,5,6). The SMILES string of the molecule is Cc1ccc(C(C)C)c(OCCOCCN2CCNCC2)c1.O=C(O)C(=O)O. The van der Waals surface area contributed by atoms with E-state index in [1.807, 2.05) is 0 Å². The van der Waals surface area contributed by atoms with Crippen molar-refractivity contribution >= 4 is 11.9 Å². The van der Waals surface area contributed by atoms with E-state index in [9.17, 15) is 0 Å². The van der Waals surface area contributed by atoms with Crippen LogP contribution in [0.2, 0.25) is 0 Å². The predicted molar refractivity (Wildman–Crippen MR) is 106 cm³/mol. The number of nitrogens with zero attached hydrogens (tertiary/aromatic N) is 1. The monoisotopic (exact) mass is 396 g/mol.